The lowest BCUT2D eigenvalue weighted by molar-refractivity contribution is -0.108. The van der Waals surface area contributed by atoms with Crippen molar-refractivity contribution in [3.8, 4) is 5.75 Å². The number of carbonyl (C=O) groups is 3. The molecule has 1 fully saturated rings. The van der Waals surface area contributed by atoms with Crippen LogP contribution in [-0.2, 0) is 16.9 Å². The minimum atomic E-state index is -1.20. The molecule has 5 heterocycles. The number of hydrogen-bond donors (Lipinski definition) is 3. The fraction of sp³-hybridized carbons (Fsp3) is 0.367. The van der Waals surface area contributed by atoms with E-state index < -0.39 is 11.6 Å². The summed E-state index contributed by atoms with van der Waals surface area (Å²) in [6.07, 6.45) is 5.91. The highest BCUT2D eigenvalue weighted by Crippen LogP contribution is 2.35. The van der Waals surface area contributed by atoms with Crippen molar-refractivity contribution in [1.82, 2.24) is 35.6 Å². The quantitative estimate of drug-likeness (QED) is 0.252. The molecule has 43 heavy (non-hydrogen) atoms. The first-order valence-electron chi connectivity index (χ1n) is 14.1. The van der Waals surface area contributed by atoms with E-state index in [0.717, 1.165) is 43.0 Å². The highest BCUT2D eigenvalue weighted by atomic mass is 16.5. The predicted molar refractivity (Wildman–Crippen MR) is 158 cm³/mol. The average Bonchev–Trinajstić information content (AvgIpc) is 3.74. The van der Waals surface area contributed by atoms with E-state index in [0.29, 0.717) is 41.1 Å². The van der Waals surface area contributed by atoms with Crippen molar-refractivity contribution in [2.24, 2.45) is 0 Å². The van der Waals surface area contributed by atoms with E-state index in [9.17, 15) is 14.4 Å². The number of pyridine rings is 1. The number of rotatable bonds is 9. The Labute approximate surface area is 248 Å². The summed E-state index contributed by atoms with van der Waals surface area (Å²) in [6, 6.07) is 10.5. The molecular formula is C30H34N8O5. The average molecular weight is 587 g/mol. The molecule has 4 aromatic rings. The summed E-state index contributed by atoms with van der Waals surface area (Å²) in [5, 5.41) is 12.0. The molecule has 2 aliphatic rings. The second-order valence-corrected chi connectivity index (χ2v) is 11.3. The van der Waals surface area contributed by atoms with Crippen molar-refractivity contribution in [3.63, 3.8) is 0 Å². The number of ether oxygens (including phenoxy) is 1. The largest absolute Gasteiger partial charge is 0.497 e. The van der Waals surface area contributed by atoms with E-state index >= 15 is 0 Å². The topological polar surface area (TPSA) is 149 Å². The number of piperidine rings is 1. The van der Waals surface area contributed by atoms with E-state index in [2.05, 4.69) is 37.7 Å². The van der Waals surface area contributed by atoms with Gasteiger partial charge in [0, 0.05) is 30.4 Å². The van der Waals surface area contributed by atoms with E-state index in [4.69, 9.17) is 14.1 Å². The number of nitrogens with zero attached hydrogens (tertiary/aromatic N) is 5. The number of H-pyrrole nitrogens is 1. The molecule has 13 heteroatoms. The number of benzene rings is 1. The van der Waals surface area contributed by atoms with Crippen molar-refractivity contribution in [2.45, 2.75) is 37.9 Å². The van der Waals surface area contributed by atoms with Gasteiger partial charge in [0.2, 0.25) is 6.41 Å². The molecule has 3 N–H and O–H groups in total. The third-order valence-electron chi connectivity index (χ3n) is 8.25. The smallest absolute Gasteiger partial charge is 0.322 e. The molecule has 4 amide bonds. The number of aromatic nitrogens is 3. The predicted octanol–water partition coefficient (Wildman–Crippen LogP) is 3.12. The summed E-state index contributed by atoms with van der Waals surface area (Å²) in [4.78, 5) is 48.2. The molecule has 6 rings (SSSR count). The Balaban J connectivity index is 1.33. The lowest BCUT2D eigenvalue weighted by Gasteiger charge is -2.37. The molecule has 13 nitrogen and oxygen atoms in total. The maximum Gasteiger partial charge on any atom is 0.322 e. The van der Waals surface area contributed by atoms with Crippen LogP contribution in [0.4, 0.5) is 16.3 Å². The van der Waals surface area contributed by atoms with Crippen LogP contribution in [0, 0.1) is 0 Å². The molecule has 0 bridgehead atoms. The molecule has 224 valence electrons. The zero-order valence-corrected chi connectivity index (χ0v) is 24.3. The summed E-state index contributed by atoms with van der Waals surface area (Å²) in [5.41, 5.74) is 2.25. The number of nitrogens with one attached hydrogen (secondary N) is 3. The highest BCUT2D eigenvalue weighted by molar-refractivity contribution is 5.99. The van der Waals surface area contributed by atoms with Crippen molar-refractivity contribution >= 4 is 41.0 Å². The molecule has 2 aliphatic heterocycles. The number of amides is 4. The molecule has 3 aromatic heterocycles. The van der Waals surface area contributed by atoms with Crippen LogP contribution in [0.5, 0.6) is 5.75 Å². The molecular weight excluding hydrogens is 552 g/mol. The van der Waals surface area contributed by atoms with Gasteiger partial charge >= 0.3 is 6.03 Å². The Morgan fingerprint density at radius 1 is 1.26 bits per heavy atom. The Morgan fingerprint density at radius 2 is 2.07 bits per heavy atom. The Bertz CT molecular complexity index is 1650. The van der Waals surface area contributed by atoms with Crippen LogP contribution in [0.2, 0.25) is 0 Å². The normalized spacial score (nSPS) is 17.0. The van der Waals surface area contributed by atoms with E-state index in [1.165, 1.54) is 0 Å². The number of hydrogen-bond acceptors (Lipinski definition) is 9. The van der Waals surface area contributed by atoms with Crippen molar-refractivity contribution in [1.29, 1.82) is 0 Å². The van der Waals surface area contributed by atoms with Crippen molar-refractivity contribution < 1.29 is 23.5 Å². The standard InChI is InChI=1S/C30H34N8O5/c1-30(35-29(41)31-18-39,17-37-16-19-4-5-22(42-3)12-23(19)28(37)40)26-13-24-25(43-26)6-7-27(34-24)38(21-14-32-33-15-21)20-8-10-36(2)11-9-20/h4-7,12-15,18,20H,8-11,16-17H2,1-3H3,(H,32,33)(H2,31,35,39,41)/t30-/m0/s1. The maximum atomic E-state index is 13.4. The van der Waals surface area contributed by atoms with Crippen LogP contribution >= 0.6 is 0 Å². The molecule has 0 aliphatic carbocycles. The number of anilines is 2. The zero-order valence-electron chi connectivity index (χ0n) is 24.3. The van der Waals surface area contributed by atoms with Gasteiger partial charge in [-0.3, -0.25) is 20.0 Å². The third-order valence-corrected chi connectivity index (χ3v) is 8.25. The van der Waals surface area contributed by atoms with Gasteiger partial charge in [0.1, 0.15) is 28.4 Å². The van der Waals surface area contributed by atoms with Crippen LogP contribution in [0.25, 0.3) is 11.1 Å². The molecule has 0 saturated carbocycles. The molecule has 1 atom stereocenters. The Kier molecular flexibility index (Phi) is 7.48. The fourth-order valence-electron chi connectivity index (χ4n) is 5.97. The number of fused-ring (bicyclic) bond motifs is 2. The number of aromatic amines is 1. The summed E-state index contributed by atoms with van der Waals surface area (Å²) < 4.78 is 11.6. The number of furan rings is 1. The van der Waals surface area contributed by atoms with E-state index in [-0.39, 0.29) is 18.5 Å². The van der Waals surface area contributed by atoms with E-state index in [1.807, 2.05) is 30.5 Å². The Morgan fingerprint density at radius 3 is 2.79 bits per heavy atom. The molecule has 1 aromatic carbocycles. The van der Waals surface area contributed by atoms with Gasteiger partial charge in [-0.15, -0.1) is 0 Å². The summed E-state index contributed by atoms with van der Waals surface area (Å²) in [7, 11) is 3.68. The monoisotopic (exact) mass is 586 g/mol. The van der Waals surface area contributed by atoms with Gasteiger partial charge in [-0.1, -0.05) is 6.07 Å². The molecule has 0 radical (unpaired) electrons. The van der Waals surface area contributed by atoms with Crippen molar-refractivity contribution in [2.75, 3.05) is 38.7 Å². The van der Waals surface area contributed by atoms with Gasteiger partial charge in [0.25, 0.3) is 5.91 Å². The van der Waals surface area contributed by atoms with Gasteiger partial charge in [0.05, 0.1) is 25.5 Å². The summed E-state index contributed by atoms with van der Waals surface area (Å²) in [5.74, 6) is 1.54. The number of likely N-dealkylation sites (tertiary alicyclic amines) is 1. The maximum absolute atomic E-state index is 13.4. The first-order valence-corrected chi connectivity index (χ1v) is 14.1. The van der Waals surface area contributed by atoms with Gasteiger partial charge in [0.15, 0.2) is 5.58 Å². The highest BCUT2D eigenvalue weighted by Gasteiger charge is 2.39. The number of urea groups is 1. The zero-order chi connectivity index (χ0) is 30.1. The number of carbonyl (C=O) groups excluding carboxylic acids is 3. The van der Waals surface area contributed by atoms with Crippen LogP contribution in [0.1, 0.15) is 41.4 Å². The molecule has 0 spiro atoms. The van der Waals surface area contributed by atoms with Crippen LogP contribution < -0.4 is 20.3 Å². The van der Waals surface area contributed by atoms with Crippen molar-refractivity contribution in [3.05, 3.63) is 65.7 Å². The third kappa shape index (κ3) is 5.50. The SMILES string of the molecule is COc1ccc2c(c1)C(=O)N(C[C@](C)(NC(=O)NC=O)c1cc3nc(N(c4cn[nH]c4)C4CCN(C)CC4)ccc3o1)C2. The van der Waals surface area contributed by atoms with Crippen LogP contribution in [0.15, 0.2) is 53.2 Å². The summed E-state index contributed by atoms with van der Waals surface area (Å²) >= 11 is 0. The molecule has 1 saturated heterocycles. The minimum Gasteiger partial charge on any atom is -0.497 e. The van der Waals surface area contributed by atoms with Gasteiger partial charge in [-0.25, -0.2) is 9.78 Å². The molecule has 0 unspecified atom stereocenters. The fourth-order valence-corrected chi connectivity index (χ4v) is 5.97. The number of imide groups is 1. The van der Waals surface area contributed by atoms with Crippen LogP contribution in [0.3, 0.4) is 0 Å². The van der Waals surface area contributed by atoms with Gasteiger partial charge in [-0.05, 0) is 69.7 Å². The Hall–Kier alpha value is -4.91. The lowest BCUT2D eigenvalue weighted by Crippen LogP contribution is -2.53. The van der Waals surface area contributed by atoms with Crippen LogP contribution in [-0.4, -0.2) is 83.2 Å². The van der Waals surface area contributed by atoms with Gasteiger partial charge < -0.3 is 29.2 Å². The number of methoxy groups -OCH3 is 1. The first-order chi connectivity index (χ1) is 20.8. The first kappa shape index (κ1) is 28.2. The van der Waals surface area contributed by atoms with Gasteiger partial charge in [-0.2, -0.15) is 5.10 Å². The lowest BCUT2D eigenvalue weighted by atomic mass is 9.98. The minimum absolute atomic E-state index is 0.0819. The summed E-state index contributed by atoms with van der Waals surface area (Å²) in [6.45, 7) is 4.15. The van der Waals surface area contributed by atoms with E-state index in [1.54, 1.807) is 37.3 Å². The second-order valence-electron chi connectivity index (χ2n) is 11.3. The second kappa shape index (κ2) is 11.4.